The number of benzene rings is 2. The van der Waals surface area contributed by atoms with Gasteiger partial charge in [0.2, 0.25) is 0 Å². The molecule has 0 N–H and O–H groups in total. The number of carboxylic acid groups (broad SMARTS) is 1. The van der Waals surface area contributed by atoms with Gasteiger partial charge in [-0.05, 0) is 29.7 Å². The highest BCUT2D eigenvalue weighted by atomic mass is 19.1. The van der Waals surface area contributed by atoms with Gasteiger partial charge in [0.25, 0.3) is 0 Å². The number of carbonyl (C=O) groups is 1. The molecule has 0 aliphatic carbocycles. The normalized spacial score (nSPS) is 12.1. The van der Waals surface area contributed by atoms with Crippen LogP contribution in [0.15, 0.2) is 54.6 Å². The molecule has 0 amide bonds. The lowest BCUT2D eigenvalue weighted by Crippen LogP contribution is -2.24. The summed E-state index contributed by atoms with van der Waals surface area (Å²) in [6.45, 7) is 0. The Morgan fingerprint density at radius 1 is 1.00 bits per heavy atom. The van der Waals surface area contributed by atoms with E-state index in [1.807, 2.05) is 30.3 Å². The molecule has 1 atom stereocenters. The molecule has 18 heavy (non-hydrogen) atoms. The van der Waals surface area contributed by atoms with Crippen molar-refractivity contribution in [3.63, 3.8) is 0 Å². The highest BCUT2D eigenvalue weighted by Crippen LogP contribution is 2.27. The van der Waals surface area contributed by atoms with E-state index >= 15 is 0 Å². The molecular formula is C15H12FO2-. The van der Waals surface area contributed by atoms with Crippen molar-refractivity contribution in [1.82, 2.24) is 0 Å². The highest BCUT2D eigenvalue weighted by Gasteiger charge is 2.14. The minimum absolute atomic E-state index is 0.115. The molecule has 0 aliphatic rings. The van der Waals surface area contributed by atoms with Crippen LogP contribution in [0, 0.1) is 5.82 Å². The van der Waals surface area contributed by atoms with E-state index in [1.54, 1.807) is 12.1 Å². The molecule has 2 aromatic carbocycles. The van der Waals surface area contributed by atoms with Gasteiger partial charge in [-0.1, -0.05) is 42.5 Å². The van der Waals surface area contributed by atoms with Gasteiger partial charge in [0.05, 0.1) is 0 Å². The van der Waals surface area contributed by atoms with Crippen LogP contribution in [0.25, 0.3) is 0 Å². The molecule has 2 aromatic rings. The quantitative estimate of drug-likeness (QED) is 0.825. The monoisotopic (exact) mass is 243 g/mol. The van der Waals surface area contributed by atoms with Gasteiger partial charge < -0.3 is 9.90 Å². The van der Waals surface area contributed by atoms with Crippen LogP contribution in [-0.4, -0.2) is 5.97 Å². The SMILES string of the molecule is O=C([O-])C[C@@H](c1ccccc1)c1ccc(F)cc1. The largest absolute Gasteiger partial charge is 0.550 e. The first-order valence-corrected chi connectivity index (χ1v) is 5.67. The van der Waals surface area contributed by atoms with E-state index in [4.69, 9.17) is 0 Å². The third kappa shape index (κ3) is 2.94. The summed E-state index contributed by atoms with van der Waals surface area (Å²) in [7, 11) is 0. The molecule has 0 heterocycles. The summed E-state index contributed by atoms with van der Waals surface area (Å²) in [5.74, 6) is -1.76. The molecule has 92 valence electrons. The third-order valence-electron chi connectivity index (χ3n) is 2.85. The van der Waals surface area contributed by atoms with Gasteiger partial charge in [-0.25, -0.2) is 4.39 Å². The number of hydrogen-bond acceptors (Lipinski definition) is 2. The average Bonchev–Trinajstić information content (AvgIpc) is 2.38. The number of carboxylic acids is 1. The van der Waals surface area contributed by atoms with E-state index in [0.717, 1.165) is 11.1 Å². The predicted molar refractivity (Wildman–Crippen MR) is 64.3 cm³/mol. The van der Waals surface area contributed by atoms with Gasteiger partial charge in [0.1, 0.15) is 5.82 Å². The molecule has 0 saturated heterocycles. The second-order valence-electron chi connectivity index (χ2n) is 4.09. The Morgan fingerprint density at radius 2 is 1.56 bits per heavy atom. The van der Waals surface area contributed by atoms with Crippen molar-refractivity contribution in [1.29, 1.82) is 0 Å². The maximum atomic E-state index is 12.9. The standard InChI is InChI=1S/C15H13FO2/c16-13-8-6-12(7-9-13)14(10-15(17)18)11-4-2-1-3-5-11/h1-9,14H,10H2,(H,17,18)/p-1/t14-/m0/s1. The van der Waals surface area contributed by atoms with Crippen molar-refractivity contribution in [2.75, 3.05) is 0 Å². The lowest BCUT2D eigenvalue weighted by atomic mass is 9.88. The number of rotatable bonds is 4. The predicted octanol–water partition coefficient (Wildman–Crippen LogP) is 2.10. The van der Waals surface area contributed by atoms with Crippen molar-refractivity contribution >= 4 is 5.97 Å². The molecule has 0 spiro atoms. The average molecular weight is 243 g/mol. The highest BCUT2D eigenvalue weighted by molar-refractivity contribution is 5.66. The Bertz CT molecular complexity index is 520. The van der Waals surface area contributed by atoms with Crippen molar-refractivity contribution in [2.45, 2.75) is 12.3 Å². The van der Waals surface area contributed by atoms with Gasteiger partial charge in [0, 0.05) is 11.9 Å². The number of carbonyl (C=O) groups excluding carboxylic acids is 1. The van der Waals surface area contributed by atoms with E-state index in [9.17, 15) is 14.3 Å². The number of halogens is 1. The van der Waals surface area contributed by atoms with Crippen molar-refractivity contribution in [3.8, 4) is 0 Å². The fraction of sp³-hybridized carbons (Fsp3) is 0.133. The Morgan fingerprint density at radius 3 is 2.11 bits per heavy atom. The summed E-state index contributed by atoms with van der Waals surface area (Å²) in [4.78, 5) is 10.8. The molecule has 3 heteroatoms. The van der Waals surface area contributed by atoms with Gasteiger partial charge in [-0.2, -0.15) is 0 Å². The van der Waals surface area contributed by atoms with Crippen LogP contribution in [0.4, 0.5) is 4.39 Å². The fourth-order valence-corrected chi connectivity index (χ4v) is 1.98. The molecule has 2 nitrogen and oxygen atoms in total. The van der Waals surface area contributed by atoms with E-state index in [-0.39, 0.29) is 18.2 Å². The van der Waals surface area contributed by atoms with E-state index < -0.39 is 5.97 Å². The first kappa shape index (κ1) is 12.3. The van der Waals surface area contributed by atoms with Crippen LogP contribution < -0.4 is 5.11 Å². The zero-order valence-corrected chi connectivity index (χ0v) is 9.68. The smallest absolute Gasteiger partial charge is 0.123 e. The van der Waals surface area contributed by atoms with Crippen LogP contribution >= 0.6 is 0 Å². The first-order chi connectivity index (χ1) is 8.66. The molecule has 0 aliphatic heterocycles. The Labute approximate surface area is 105 Å². The van der Waals surface area contributed by atoms with Gasteiger partial charge in [0.15, 0.2) is 0 Å². The Balaban J connectivity index is 2.36. The van der Waals surface area contributed by atoms with Crippen LogP contribution in [0.5, 0.6) is 0 Å². The van der Waals surface area contributed by atoms with E-state index in [1.165, 1.54) is 12.1 Å². The van der Waals surface area contributed by atoms with Crippen LogP contribution in [0.2, 0.25) is 0 Å². The number of aliphatic carboxylic acids is 1. The second-order valence-corrected chi connectivity index (χ2v) is 4.09. The summed E-state index contributed by atoms with van der Waals surface area (Å²) < 4.78 is 12.9. The minimum Gasteiger partial charge on any atom is -0.550 e. The lowest BCUT2D eigenvalue weighted by Gasteiger charge is -2.18. The molecule has 0 fully saturated rings. The van der Waals surface area contributed by atoms with Crippen molar-refractivity contribution < 1.29 is 14.3 Å². The number of hydrogen-bond donors (Lipinski definition) is 0. The fourth-order valence-electron chi connectivity index (χ4n) is 1.98. The second kappa shape index (κ2) is 5.45. The zero-order valence-electron chi connectivity index (χ0n) is 9.68. The molecule has 2 rings (SSSR count). The Kier molecular flexibility index (Phi) is 3.72. The van der Waals surface area contributed by atoms with E-state index in [0.29, 0.717) is 0 Å². The van der Waals surface area contributed by atoms with Gasteiger partial charge in [-0.15, -0.1) is 0 Å². The first-order valence-electron chi connectivity index (χ1n) is 5.67. The van der Waals surface area contributed by atoms with Crippen LogP contribution in [-0.2, 0) is 4.79 Å². The van der Waals surface area contributed by atoms with Crippen LogP contribution in [0.3, 0.4) is 0 Å². The summed E-state index contributed by atoms with van der Waals surface area (Å²) in [6.07, 6.45) is -0.115. The van der Waals surface area contributed by atoms with Crippen LogP contribution in [0.1, 0.15) is 23.5 Å². The topological polar surface area (TPSA) is 40.1 Å². The summed E-state index contributed by atoms with van der Waals surface area (Å²) in [6, 6.07) is 15.2. The molecule has 0 unspecified atom stereocenters. The summed E-state index contributed by atoms with van der Waals surface area (Å²) in [5, 5.41) is 10.8. The molecule has 0 aromatic heterocycles. The minimum atomic E-state index is -1.12. The molecule has 0 radical (unpaired) electrons. The van der Waals surface area contributed by atoms with Gasteiger partial charge in [-0.3, -0.25) is 0 Å². The molecular weight excluding hydrogens is 231 g/mol. The zero-order chi connectivity index (χ0) is 13.0. The third-order valence-corrected chi connectivity index (χ3v) is 2.85. The summed E-state index contributed by atoms with van der Waals surface area (Å²) in [5.41, 5.74) is 1.65. The van der Waals surface area contributed by atoms with Crippen molar-refractivity contribution in [2.24, 2.45) is 0 Å². The maximum absolute atomic E-state index is 12.9. The van der Waals surface area contributed by atoms with Gasteiger partial charge >= 0.3 is 0 Å². The van der Waals surface area contributed by atoms with Crippen molar-refractivity contribution in [3.05, 3.63) is 71.5 Å². The summed E-state index contributed by atoms with van der Waals surface area (Å²) >= 11 is 0. The molecule has 0 bridgehead atoms. The maximum Gasteiger partial charge on any atom is 0.123 e. The Hall–Kier alpha value is -2.16. The van der Waals surface area contributed by atoms with E-state index in [2.05, 4.69) is 0 Å². The molecule has 0 saturated carbocycles. The lowest BCUT2D eigenvalue weighted by molar-refractivity contribution is -0.305.